The van der Waals surface area contributed by atoms with Crippen molar-refractivity contribution in [3.63, 3.8) is 0 Å². The van der Waals surface area contributed by atoms with E-state index in [4.69, 9.17) is 0 Å². The Hall–Kier alpha value is -1.72. The fourth-order valence-electron chi connectivity index (χ4n) is 2.21. The minimum Gasteiger partial charge on any atom is -0.355 e. The van der Waals surface area contributed by atoms with Crippen molar-refractivity contribution in [2.75, 3.05) is 19.3 Å². The number of benzene rings is 2. The standard InChI is InChI=1S/C18H23FN4O2S.HI/c1-20-18(22-14-16-9-5-6-10-17(16)19)21-11-12-26(24,25)23-13-15-7-3-2-4-8-15;/h2-10,23H,11-14H2,1H3,(H2,20,21,22);1H. The maximum absolute atomic E-state index is 13.6. The van der Waals surface area contributed by atoms with E-state index in [2.05, 4.69) is 20.3 Å². The lowest BCUT2D eigenvalue weighted by molar-refractivity contribution is 0.579. The second-order valence-corrected chi connectivity index (χ2v) is 7.50. The smallest absolute Gasteiger partial charge is 0.213 e. The largest absolute Gasteiger partial charge is 0.355 e. The van der Waals surface area contributed by atoms with Gasteiger partial charge < -0.3 is 10.6 Å². The highest BCUT2D eigenvalue weighted by atomic mass is 127. The first-order valence-electron chi connectivity index (χ1n) is 8.19. The minimum absolute atomic E-state index is 0. The predicted octanol–water partition coefficient (Wildman–Crippen LogP) is 2.23. The molecule has 0 aromatic heterocycles. The molecule has 0 amide bonds. The van der Waals surface area contributed by atoms with Crippen LogP contribution in [0.3, 0.4) is 0 Å². The van der Waals surface area contributed by atoms with Crippen molar-refractivity contribution >= 4 is 40.0 Å². The van der Waals surface area contributed by atoms with Crippen LogP contribution in [-0.2, 0) is 23.1 Å². The summed E-state index contributed by atoms with van der Waals surface area (Å²) >= 11 is 0. The van der Waals surface area contributed by atoms with E-state index in [1.807, 2.05) is 30.3 Å². The van der Waals surface area contributed by atoms with Gasteiger partial charge in [-0.05, 0) is 11.6 Å². The van der Waals surface area contributed by atoms with Crippen molar-refractivity contribution < 1.29 is 12.8 Å². The highest BCUT2D eigenvalue weighted by molar-refractivity contribution is 14.0. The summed E-state index contributed by atoms with van der Waals surface area (Å²) in [4.78, 5) is 4.00. The number of nitrogens with zero attached hydrogens (tertiary/aromatic N) is 1. The van der Waals surface area contributed by atoms with Gasteiger partial charge in [0.05, 0.1) is 5.75 Å². The fraction of sp³-hybridized carbons (Fsp3) is 0.278. The number of guanidine groups is 1. The van der Waals surface area contributed by atoms with Gasteiger partial charge in [-0.25, -0.2) is 17.5 Å². The lowest BCUT2D eigenvalue weighted by atomic mass is 10.2. The third kappa shape index (κ3) is 8.67. The van der Waals surface area contributed by atoms with Gasteiger partial charge in [-0.3, -0.25) is 4.99 Å². The van der Waals surface area contributed by atoms with Crippen molar-refractivity contribution in [1.29, 1.82) is 0 Å². The van der Waals surface area contributed by atoms with Crippen LogP contribution in [0.15, 0.2) is 59.6 Å². The highest BCUT2D eigenvalue weighted by Gasteiger charge is 2.10. The summed E-state index contributed by atoms with van der Waals surface area (Å²) < 4.78 is 40.2. The van der Waals surface area contributed by atoms with Crippen molar-refractivity contribution in [3.05, 3.63) is 71.5 Å². The van der Waals surface area contributed by atoms with Crippen LogP contribution >= 0.6 is 24.0 Å². The second kappa shape index (κ2) is 11.9. The van der Waals surface area contributed by atoms with E-state index in [0.29, 0.717) is 11.5 Å². The van der Waals surface area contributed by atoms with Gasteiger partial charge in [-0.2, -0.15) is 0 Å². The Morgan fingerprint density at radius 2 is 1.67 bits per heavy atom. The minimum atomic E-state index is -3.41. The van der Waals surface area contributed by atoms with Crippen LogP contribution in [0.4, 0.5) is 4.39 Å². The number of rotatable bonds is 8. The van der Waals surface area contributed by atoms with Crippen LogP contribution in [-0.4, -0.2) is 33.7 Å². The van der Waals surface area contributed by atoms with Crippen LogP contribution in [0.1, 0.15) is 11.1 Å². The molecule has 3 N–H and O–H groups in total. The molecule has 0 heterocycles. The van der Waals surface area contributed by atoms with E-state index in [1.54, 1.807) is 25.2 Å². The van der Waals surface area contributed by atoms with Gasteiger partial charge in [-0.15, -0.1) is 24.0 Å². The van der Waals surface area contributed by atoms with Gasteiger partial charge in [-0.1, -0.05) is 48.5 Å². The number of halogens is 2. The van der Waals surface area contributed by atoms with E-state index in [9.17, 15) is 12.8 Å². The highest BCUT2D eigenvalue weighted by Crippen LogP contribution is 2.05. The topological polar surface area (TPSA) is 82.6 Å². The quantitative estimate of drug-likeness (QED) is 0.292. The maximum atomic E-state index is 13.6. The molecule has 0 spiro atoms. The third-order valence-electron chi connectivity index (χ3n) is 3.63. The molecule has 0 saturated carbocycles. The molecule has 0 bridgehead atoms. The molecule has 0 atom stereocenters. The Morgan fingerprint density at radius 3 is 2.33 bits per heavy atom. The predicted molar refractivity (Wildman–Crippen MR) is 117 cm³/mol. The molecule has 6 nitrogen and oxygen atoms in total. The third-order valence-corrected chi connectivity index (χ3v) is 4.96. The number of hydrogen-bond acceptors (Lipinski definition) is 3. The molecule has 0 saturated heterocycles. The summed E-state index contributed by atoms with van der Waals surface area (Å²) in [5, 5.41) is 5.86. The van der Waals surface area contributed by atoms with Gasteiger partial charge in [0.2, 0.25) is 10.0 Å². The zero-order valence-electron chi connectivity index (χ0n) is 15.0. The lowest BCUT2D eigenvalue weighted by Crippen LogP contribution is -2.40. The molecule has 0 radical (unpaired) electrons. The molecule has 2 aromatic rings. The molecule has 9 heteroatoms. The van der Waals surface area contributed by atoms with Crippen LogP contribution in [0.2, 0.25) is 0 Å². The summed E-state index contributed by atoms with van der Waals surface area (Å²) in [6, 6.07) is 15.7. The van der Waals surface area contributed by atoms with Gasteiger partial charge in [0, 0.05) is 32.2 Å². The Kier molecular flexibility index (Phi) is 10.3. The summed E-state index contributed by atoms with van der Waals surface area (Å²) in [5.41, 5.74) is 1.40. The molecular formula is C18H24FIN4O2S. The first-order chi connectivity index (χ1) is 12.5. The SMILES string of the molecule is CN=C(NCCS(=O)(=O)NCc1ccccc1)NCc1ccccc1F.I. The van der Waals surface area contributed by atoms with Crippen LogP contribution in [0, 0.1) is 5.82 Å². The Balaban J connectivity index is 0.00000364. The molecule has 0 fully saturated rings. The van der Waals surface area contributed by atoms with Crippen LogP contribution in [0.5, 0.6) is 0 Å². The summed E-state index contributed by atoms with van der Waals surface area (Å²) in [6.07, 6.45) is 0. The van der Waals surface area contributed by atoms with E-state index in [1.165, 1.54) is 6.07 Å². The Bertz CT molecular complexity index is 832. The average Bonchev–Trinajstić information content (AvgIpc) is 2.65. The zero-order valence-corrected chi connectivity index (χ0v) is 18.1. The molecule has 0 aliphatic carbocycles. The summed E-state index contributed by atoms with van der Waals surface area (Å²) in [6.45, 7) is 0.690. The fourth-order valence-corrected chi connectivity index (χ4v) is 3.11. The molecule has 27 heavy (non-hydrogen) atoms. The second-order valence-electron chi connectivity index (χ2n) is 5.57. The monoisotopic (exact) mass is 506 g/mol. The average molecular weight is 506 g/mol. The van der Waals surface area contributed by atoms with E-state index >= 15 is 0 Å². The lowest BCUT2D eigenvalue weighted by Gasteiger charge is -2.13. The van der Waals surface area contributed by atoms with Gasteiger partial charge >= 0.3 is 0 Å². The molecule has 0 unspecified atom stereocenters. The number of sulfonamides is 1. The Morgan fingerprint density at radius 1 is 1.00 bits per heavy atom. The van der Waals surface area contributed by atoms with E-state index in [-0.39, 0.29) is 55.2 Å². The normalized spacial score (nSPS) is 11.6. The summed E-state index contributed by atoms with van der Waals surface area (Å²) in [5.74, 6) is 0.00917. The first-order valence-corrected chi connectivity index (χ1v) is 9.84. The van der Waals surface area contributed by atoms with E-state index in [0.717, 1.165) is 5.56 Å². The zero-order chi connectivity index (χ0) is 18.8. The van der Waals surface area contributed by atoms with Crippen LogP contribution < -0.4 is 15.4 Å². The van der Waals surface area contributed by atoms with Gasteiger partial charge in [0.1, 0.15) is 5.82 Å². The molecule has 2 aromatic carbocycles. The number of aliphatic imine (C=N–C) groups is 1. The first kappa shape index (κ1) is 23.3. The molecule has 148 valence electrons. The van der Waals surface area contributed by atoms with Crippen LogP contribution in [0.25, 0.3) is 0 Å². The molecule has 0 aliphatic rings. The molecule has 2 rings (SSSR count). The number of hydrogen-bond donors (Lipinski definition) is 3. The van der Waals surface area contributed by atoms with Crippen molar-refractivity contribution in [3.8, 4) is 0 Å². The van der Waals surface area contributed by atoms with Crippen molar-refractivity contribution in [2.45, 2.75) is 13.1 Å². The van der Waals surface area contributed by atoms with Gasteiger partial charge in [0.25, 0.3) is 0 Å². The number of nitrogens with one attached hydrogen (secondary N) is 3. The van der Waals surface area contributed by atoms with Gasteiger partial charge in [0.15, 0.2) is 5.96 Å². The summed E-state index contributed by atoms with van der Waals surface area (Å²) in [7, 11) is -1.84. The molecular weight excluding hydrogens is 482 g/mol. The van der Waals surface area contributed by atoms with E-state index < -0.39 is 10.0 Å². The Labute approximate surface area is 176 Å². The van der Waals surface area contributed by atoms with Crippen molar-refractivity contribution in [1.82, 2.24) is 15.4 Å². The van der Waals surface area contributed by atoms with Crippen molar-refractivity contribution in [2.24, 2.45) is 4.99 Å². The molecule has 0 aliphatic heterocycles. The maximum Gasteiger partial charge on any atom is 0.213 e.